The number of aromatic nitrogens is 2. The average Bonchev–Trinajstić information content (AvgIpc) is 3.04. The molecule has 2 aliphatic rings. The van der Waals surface area contributed by atoms with Crippen molar-refractivity contribution in [2.24, 2.45) is 5.41 Å². The molecule has 3 amide bonds. The molecule has 1 aromatic heterocycles. The van der Waals surface area contributed by atoms with Crippen molar-refractivity contribution in [1.82, 2.24) is 25.5 Å². The lowest BCUT2D eigenvalue weighted by Crippen LogP contribution is -2.57. The van der Waals surface area contributed by atoms with Gasteiger partial charge in [0, 0.05) is 24.4 Å². The zero-order chi connectivity index (χ0) is 25.2. The van der Waals surface area contributed by atoms with E-state index in [9.17, 15) is 14.4 Å². The van der Waals surface area contributed by atoms with Crippen molar-refractivity contribution < 1.29 is 19.1 Å². The number of fused-ring (bicyclic) bond motifs is 1. The molecule has 3 N–H and O–H groups in total. The van der Waals surface area contributed by atoms with Crippen LogP contribution in [-0.2, 0) is 19.1 Å². The van der Waals surface area contributed by atoms with Crippen LogP contribution in [0.25, 0.3) is 11.4 Å². The fraction of sp³-hybridized carbons (Fsp3) is 0.480. The summed E-state index contributed by atoms with van der Waals surface area (Å²) >= 11 is 0. The van der Waals surface area contributed by atoms with Gasteiger partial charge >= 0.3 is 0 Å². The molecule has 0 aliphatic carbocycles. The third-order valence-corrected chi connectivity index (χ3v) is 6.68. The van der Waals surface area contributed by atoms with Crippen LogP contribution in [0.4, 0.5) is 5.69 Å². The highest BCUT2D eigenvalue weighted by molar-refractivity contribution is 6.01. The minimum Gasteiger partial charge on any atom is -0.358 e. The summed E-state index contributed by atoms with van der Waals surface area (Å²) in [6.07, 6.45) is 3.60. The minimum atomic E-state index is -0.788. The number of benzene rings is 1. The molecule has 0 spiro atoms. The van der Waals surface area contributed by atoms with E-state index in [0.717, 1.165) is 0 Å². The molecule has 4 atom stereocenters. The summed E-state index contributed by atoms with van der Waals surface area (Å²) in [5.41, 5.74) is 0.685. The first-order valence-corrected chi connectivity index (χ1v) is 11.8. The van der Waals surface area contributed by atoms with Crippen molar-refractivity contribution in [2.75, 3.05) is 19.0 Å². The molecule has 2 saturated heterocycles. The molecule has 2 aromatic rings. The SMILES string of the molecule is CN[C@@H](C)C(=O)N[C@H]1CCOC2CC(C)(C)[C@@H](C(=O)Nc3ccccc3-c3ncccn3)N2C1=O.Cl. The number of likely N-dealkylation sites (N-methyl/N-ethyl adjacent to an activating group) is 1. The number of hydrogen-bond acceptors (Lipinski definition) is 7. The van der Waals surface area contributed by atoms with Crippen molar-refractivity contribution >= 4 is 35.8 Å². The van der Waals surface area contributed by atoms with E-state index in [1.54, 1.807) is 38.5 Å². The van der Waals surface area contributed by atoms with E-state index in [4.69, 9.17) is 4.74 Å². The van der Waals surface area contributed by atoms with Crippen molar-refractivity contribution in [2.45, 2.75) is 58.0 Å². The Morgan fingerprint density at radius 3 is 2.56 bits per heavy atom. The van der Waals surface area contributed by atoms with Gasteiger partial charge in [0.15, 0.2) is 5.82 Å². The van der Waals surface area contributed by atoms with Crippen LogP contribution in [0.2, 0.25) is 0 Å². The lowest BCUT2D eigenvalue weighted by atomic mass is 9.83. The monoisotopic (exact) mass is 516 g/mol. The van der Waals surface area contributed by atoms with Gasteiger partial charge in [-0.3, -0.25) is 14.4 Å². The number of para-hydroxylation sites is 1. The van der Waals surface area contributed by atoms with Gasteiger partial charge in [-0.15, -0.1) is 12.4 Å². The van der Waals surface area contributed by atoms with Gasteiger partial charge in [-0.1, -0.05) is 26.0 Å². The second-order valence-electron chi connectivity index (χ2n) is 9.63. The molecule has 0 bridgehead atoms. The van der Waals surface area contributed by atoms with Gasteiger partial charge in [0.2, 0.25) is 17.7 Å². The summed E-state index contributed by atoms with van der Waals surface area (Å²) in [6.45, 7) is 5.93. The van der Waals surface area contributed by atoms with E-state index >= 15 is 0 Å². The van der Waals surface area contributed by atoms with Crippen molar-refractivity contribution in [3.8, 4) is 11.4 Å². The van der Waals surface area contributed by atoms with Crippen LogP contribution in [-0.4, -0.2) is 70.6 Å². The number of carbonyl (C=O) groups is 3. The Kier molecular flexibility index (Phi) is 8.65. The zero-order valence-corrected chi connectivity index (χ0v) is 21.7. The topological polar surface area (TPSA) is 126 Å². The summed E-state index contributed by atoms with van der Waals surface area (Å²) in [4.78, 5) is 49.9. The van der Waals surface area contributed by atoms with Crippen molar-refractivity contribution in [3.63, 3.8) is 0 Å². The van der Waals surface area contributed by atoms with Crippen LogP contribution in [0.1, 0.15) is 33.6 Å². The van der Waals surface area contributed by atoms with E-state index < -0.39 is 29.8 Å². The van der Waals surface area contributed by atoms with Crippen LogP contribution in [0.5, 0.6) is 0 Å². The number of ether oxygens (including phenoxy) is 1. The van der Waals surface area contributed by atoms with Gasteiger partial charge in [-0.05, 0) is 44.0 Å². The quantitative estimate of drug-likeness (QED) is 0.536. The molecule has 11 heteroatoms. The highest BCUT2D eigenvalue weighted by Crippen LogP contribution is 2.43. The van der Waals surface area contributed by atoms with Crippen LogP contribution in [0, 0.1) is 5.41 Å². The number of halogens is 1. The molecule has 1 unspecified atom stereocenters. The Morgan fingerprint density at radius 2 is 1.86 bits per heavy atom. The summed E-state index contributed by atoms with van der Waals surface area (Å²) in [5, 5.41) is 8.69. The number of amides is 3. The van der Waals surface area contributed by atoms with Crippen molar-refractivity contribution in [3.05, 3.63) is 42.7 Å². The maximum absolute atomic E-state index is 13.7. The fourth-order valence-corrected chi connectivity index (χ4v) is 4.71. The smallest absolute Gasteiger partial charge is 0.247 e. The van der Waals surface area contributed by atoms with Crippen LogP contribution in [0.15, 0.2) is 42.7 Å². The number of nitrogens with zero attached hydrogens (tertiary/aromatic N) is 3. The van der Waals surface area contributed by atoms with Gasteiger partial charge in [-0.25, -0.2) is 9.97 Å². The number of carbonyl (C=O) groups excluding carboxylic acids is 3. The van der Waals surface area contributed by atoms with Gasteiger partial charge in [0.1, 0.15) is 18.3 Å². The van der Waals surface area contributed by atoms with E-state index in [2.05, 4.69) is 25.9 Å². The van der Waals surface area contributed by atoms with Crippen LogP contribution in [0.3, 0.4) is 0 Å². The number of anilines is 1. The Bertz CT molecular complexity index is 1100. The number of nitrogens with one attached hydrogen (secondary N) is 3. The molecule has 10 nitrogen and oxygen atoms in total. The summed E-state index contributed by atoms with van der Waals surface area (Å²) in [6, 6.07) is 7.01. The Morgan fingerprint density at radius 1 is 1.17 bits per heavy atom. The molecular weight excluding hydrogens is 484 g/mol. The molecule has 2 aliphatic heterocycles. The van der Waals surface area contributed by atoms with E-state index in [-0.39, 0.29) is 30.1 Å². The van der Waals surface area contributed by atoms with Crippen LogP contribution >= 0.6 is 12.4 Å². The molecule has 1 aromatic carbocycles. The zero-order valence-electron chi connectivity index (χ0n) is 20.9. The second-order valence-corrected chi connectivity index (χ2v) is 9.63. The lowest BCUT2D eigenvalue weighted by molar-refractivity contribution is -0.148. The Balaban J connectivity index is 0.00000361. The summed E-state index contributed by atoms with van der Waals surface area (Å²) < 4.78 is 5.99. The summed E-state index contributed by atoms with van der Waals surface area (Å²) in [5.74, 6) is -0.425. The van der Waals surface area contributed by atoms with Gasteiger partial charge in [0.25, 0.3) is 0 Å². The van der Waals surface area contributed by atoms with Gasteiger partial charge in [-0.2, -0.15) is 0 Å². The van der Waals surface area contributed by atoms with E-state index in [0.29, 0.717) is 36.5 Å². The number of rotatable bonds is 6. The normalized spacial score (nSPS) is 23.6. The van der Waals surface area contributed by atoms with Gasteiger partial charge < -0.3 is 25.6 Å². The Labute approximate surface area is 217 Å². The van der Waals surface area contributed by atoms with Crippen molar-refractivity contribution in [1.29, 1.82) is 0 Å². The van der Waals surface area contributed by atoms with Crippen LogP contribution < -0.4 is 16.0 Å². The highest BCUT2D eigenvalue weighted by atomic mass is 35.5. The fourth-order valence-electron chi connectivity index (χ4n) is 4.71. The standard InChI is InChI=1S/C25H32N6O4.ClH/c1-15(26-4)22(32)30-18-10-13-35-19-14-25(2,3)20(31(19)24(18)34)23(33)29-17-9-6-5-8-16(17)21-27-11-7-12-28-21;/h5-9,11-12,15,18-20,26H,10,13-14H2,1-4H3,(H,29,33)(H,30,32);1H/t15-,18-,19?,20+;/m0./s1. The summed E-state index contributed by atoms with van der Waals surface area (Å²) in [7, 11) is 1.68. The Hall–Kier alpha value is -3.08. The minimum absolute atomic E-state index is 0. The number of hydrogen-bond donors (Lipinski definition) is 3. The molecule has 4 rings (SSSR count). The van der Waals surface area contributed by atoms with E-state index in [1.165, 1.54) is 4.90 Å². The molecule has 0 saturated carbocycles. The predicted octanol–water partition coefficient (Wildman–Crippen LogP) is 1.97. The average molecular weight is 517 g/mol. The lowest BCUT2D eigenvalue weighted by Gasteiger charge is -2.33. The molecule has 36 heavy (non-hydrogen) atoms. The molecule has 0 radical (unpaired) electrons. The maximum Gasteiger partial charge on any atom is 0.247 e. The first-order valence-electron chi connectivity index (χ1n) is 11.8. The first kappa shape index (κ1) is 27.5. The largest absolute Gasteiger partial charge is 0.358 e. The van der Waals surface area contributed by atoms with E-state index in [1.807, 2.05) is 32.0 Å². The predicted molar refractivity (Wildman–Crippen MR) is 137 cm³/mol. The molecule has 2 fully saturated rings. The maximum atomic E-state index is 13.7. The second kappa shape index (κ2) is 11.3. The third kappa shape index (κ3) is 5.50. The highest BCUT2D eigenvalue weighted by Gasteiger charge is 2.55. The first-order chi connectivity index (χ1) is 16.7. The molecule has 3 heterocycles. The molecule has 194 valence electrons. The molecular formula is C25H33ClN6O4. The van der Waals surface area contributed by atoms with Gasteiger partial charge in [0.05, 0.1) is 18.3 Å². The third-order valence-electron chi connectivity index (χ3n) is 6.68.